The summed E-state index contributed by atoms with van der Waals surface area (Å²) in [6.45, 7) is 5.98. The van der Waals surface area contributed by atoms with Crippen molar-refractivity contribution >= 4 is 5.69 Å². The van der Waals surface area contributed by atoms with E-state index in [-0.39, 0.29) is 5.69 Å². The number of nitro benzene ring substituents is 1. The topological polar surface area (TPSA) is 70.2 Å². The van der Waals surface area contributed by atoms with Crippen LogP contribution in [0.1, 0.15) is 32.3 Å². The molecule has 0 radical (unpaired) electrons. The maximum atomic E-state index is 10.9. The van der Waals surface area contributed by atoms with Crippen LogP contribution in [0.5, 0.6) is 0 Å². The molecule has 21 heavy (non-hydrogen) atoms. The van der Waals surface area contributed by atoms with Crippen molar-refractivity contribution in [3.05, 3.63) is 39.9 Å². The number of non-ortho nitro benzene ring substituents is 1. The van der Waals surface area contributed by atoms with E-state index in [9.17, 15) is 15.4 Å². The summed E-state index contributed by atoms with van der Waals surface area (Å²) in [6, 6.07) is 9.02. The maximum absolute atomic E-state index is 10.9. The second-order valence-electron chi connectivity index (χ2n) is 6.18. The fraction of sp³-hybridized carbons (Fsp3) is 0.562. The normalized spacial score (nSPS) is 22.2. The molecule has 5 nitrogen and oxygen atoms in total. The Balaban J connectivity index is 2.20. The van der Waals surface area contributed by atoms with Gasteiger partial charge in [0, 0.05) is 25.1 Å². The zero-order valence-electron chi connectivity index (χ0n) is 12.6. The van der Waals surface area contributed by atoms with Gasteiger partial charge in [-0.3, -0.25) is 15.0 Å². The predicted molar refractivity (Wildman–Crippen MR) is 80.8 cm³/mol. The average molecular weight is 287 g/mol. The van der Waals surface area contributed by atoms with Gasteiger partial charge in [0.25, 0.3) is 5.69 Å². The number of nitriles is 1. The summed E-state index contributed by atoms with van der Waals surface area (Å²) in [6.07, 6.45) is 2.82. The molecule has 112 valence electrons. The van der Waals surface area contributed by atoms with Gasteiger partial charge in [-0.05, 0) is 37.8 Å². The molecule has 1 aliphatic heterocycles. The highest BCUT2D eigenvalue weighted by Crippen LogP contribution is 2.27. The minimum Gasteiger partial charge on any atom is -0.285 e. The number of likely N-dealkylation sites (tertiary alicyclic amines) is 1. The van der Waals surface area contributed by atoms with E-state index < -0.39 is 10.5 Å². The van der Waals surface area contributed by atoms with Gasteiger partial charge in [-0.2, -0.15) is 5.26 Å². The number of benzene rings is 1. The molecule has 0 saturated carbocycles. The van der Waals surface area contributed by atoms with Crippen LogP contribution < -0.4 is 0 Å². The number of hydrogen-bond donors (Lipinski definition) is 0. The van der Waals surface area contributed by atoms with Crippen molar-refractivity contribution in [2.75, 3.05) is 13.1 Å². The second-order valence-corrected chi connectivity index (χ2v) is 6.18. The van der Waals surface area contributed by atoms with Gasteiger partial charge in [-0.1, -0.05) is 19.1 Å². The molecular weight excluding hydrogens is 266 g/mol. The van der Waals surface area contributed by atoms with E-state index in [1.807, 2.05) is 13.0 Å². The first-order chi connectivity index (χ1) is 9.94. The van der Waals surface area contributed by atoms with E-state index in [1.165, 1.54) is 12.5 Å². The number of hydrogen-bond acceptors (Lipinski definition) is 4. The van der Waals surface area contributed by atoms with Crippen molar-refractivity contribution in [3.8, 4) is 6.07 Å². The van der Waals surface area contributed by atoms with Gasteiger partial charge in [0.15, 0.2) is 0 Å². The summed E-state index contributed by atoms with van der Waals surface area (Å²) in [5.74, 6) is 0.594. The molecule has 2 rings (SSSR count). The summed E-state index contributed by atoms with van der Waals surface area (Å²) < 4.78 is 0. The van der Waals surface area contributed by atoms with Crippen molar-refractivity contribution in [3.63, 3.8) is 0 Å². The lowest BCUT2D eigenvalue weighted by molar-refractivity contribution is -0.384. The lowest BCUT2D eigenvalue weighted by atomic mass is 9.88. The standard InChI is InChI=1S/C16H21N3O2/c1-13-5-4-8-18(11-13)16(2,12-17)10-14-6-3-7-15(9-14)19(20)21/h3,6-7,9,13H,4-5,8,10-11H2,1-2H3. The lowest BCUT2D eigenvalue weighted by Gasteiger charge is -2.41. The molecular formula is C16H21N3O2. The molecule has 0 aliphatic carbocycles. The second kappa shape index (κ2) is 6.23. The Bertz CT molecular complexity index is 567. The number of rotatable bonds is 4. The summed E-state index contributed by atoms with van der Waals surface area (Å²) >= 11 is 0. The quantitative estimate of drug-likeness (QED) is 0.630. The third-order valence-electron chi connectivity index (χ3n) is 4.27. The van der Waals surface area contributed by atoms with E-state index >= 15 is 0 Å². The van der Waals surface area contributed by atoms with Gasteiger partial charge in [0.1, 0.15) is 5.54 Å². The Morgan fingerprint density at radius 2 is 2.33 bits per heavy atom. The van der Waals surface area contributed by atoms with Crippen LogP contribution in [0.4, 0.5) is 5.69 Å². The molecule has 1 fully saturated rings. The van der Waals surface area contributed by atoms with Crippen LogP contribution in [-0.4, -0.2) is 28.5 Å². The van der Waals surface area contributed by atoms with Crippen molar-refractivity contribution in [1.29, 1.82) is 5.26 Å². The van der Waals surface area contributed by atoms with Crippen molar-refractivity contribution in [1.82, 2.24) is 4.90 Å². The zero-order chi connectivity index (χ0) is 15.5. The molecule has 1 aliphatic rings. The van der Waals surface area contributed by atoms with E-state index in [0.29, 0.717) is 12.3 Å². The highest BCUT2D eigenvalue weighted by atomic mass is 16.6. The Labute approximate surface area is 125 Å². The van der Waals surface area contributed by atoms with Gasteiger partial charge in [0.05, 0.1) is 11.0 Å². The molecule has 1 aromatic carbocycles. The molecule has 1 heterocycles. The zero-order valence-corrected chi connectivity index (χ0v) is 12.6. The number of nitrogens with zero attached hydrogens (tertiary/aromatic N) is 3. The van der Waals surface area contributed by atoms with Crippen LogP contribution in [-0.2, 0) is 6.42 Å². The third kappa shape index (κ3) is 3.59. The Morgan fingerprint density at radius 1 is 1.57 bits per heavy atom. The molecule has 1 saturated heterocycles. The Hall–Kier alpha value is -1.93. The molecule has 2 atom stereocenters. The fourth-order valence-electron chi connectivity index (χ4n) is 3.04. The minimum atomic E-state index is -0.607. The highest BCUT2D eigenvalue weighted by Gasteiger charge is 2.34. The molecule has 0 bridgehead atoms. The average Bonchev–Trinajstić information content (AvgIpc) is 2.47. The fourth-order valence-corrected chi connectivity index (χ4v) is 3.04. The molecule has 5 heteroatoms. The van der Waals surface area contributed by atoms with Crippen LogP contribution in [0.15, 0.2) is 24.3 Å². The summed E-state index contributed by atoms with van der Waals surface area (Å²) in [5.41, 5.74) is 0.315. The first-order valence-electron chi connectivity index (χ1n) is 7.34. The van der Waals surface area contributed by atoms with E-state index in [2.05, 4.69) is 17.9 Å². The number of piperidine rings is 1. The Kier molecular flexibility index (Phi) is 4.59. The molecule has 2 unspecified atom stereocenters. The summed E-state index contributed by atoms with van der Waals surface area (Å²) in [7, 11) is 0. The molecule has 0 N–H and O–H groups in total. The summed E-state index contributed by atoms with van der Waals surface area (Å²) in [5, 5.41) is 20.5. The van der Waals surface area contributed by atoms with Crippen LogP contribution >= 0.6 is 0 Å². The van der Waals surface area contributed by atoms with Crippen molar-refractivity contribution in [2.45, 2.75) is 38.6 Å². The van der Waals surface area contributed by atoms with Gasteiger partial charge in [0.2, 0.25) is 0 Å². The van der Waals surface area contributed by atoms with Crippen LogP contribution in [0.2, 0.25) is 0 Å². The lowest BCUT2D eigenvalue weighted by Crippen LogP contribution is -2.51. The van der Waals surface area contributed by atoms with Gasteiger partial charge in [-0.15, -0.1) is 0 Å². The monoisotopic (exact) mass is 287 g/mol. The minimum absolute atomic E-state index is 0.0832. The predicted octanol–water partition coefficient (Wildman–Crippen LogP) is 3.15. The molecule has 0 spiro atoms. The molecule has 0 aromatic heterocycles. The first kappa shape index (κ1) is 15.5. The Morgan fingerprint density at radius 3 is 2.95 bits per heavy atom. The van der Waals surface area contributed by atoms with E-state index in [4.69, 9.17) is 0 Å². The van der Waals surface area contributed by atoms with Gasteiger partial charge in [-0.25, -0.2) is 0 Å². The highest BCUT2D eigenvalue weighted by molar-refractivity contribution is 5.36. The van der Waals surface area contributed by atoms with E-state index in [0.717, 1.165) is 25.1 Å². The maximum Gasteiger partial charge on any atom is 0.269 e. The first-order valence-corrected chi connectivity index (χ1v) is 7.34. The van der Waals surface area contributed by atoms with E-state index in [1.54, 1.807) is 12.1 Å². The van der Waals surface area contributed by atoms with Gasteiger partial charge >= 0.3 is 0 Å². The van der Waals surface area contributed by atoms with Gasteiger partial charge < -0.3 is 0 Å². The van der Waals surface area contributed by atoms with Crippen LogP contribution in [0, 0.1) is 27.4 Å². The smallest absolute Gasteiger partial charge is 0.269 e. The van der Waals surface area contributed by atoms with Crippen LogP contribution in [0.3, 0.4) is 0 Å². The van der Waals surface area contributed by atoms with Crippen molar-refractivity contribution < 1.29 is 4.92 Å². The molecule has 0 amide bonds. The molecule has 1 aromatic rings. The largest absolute Gasteiger partial charge is 0.285 e. The summed E-state index contributed by atoms with van der Waals surface area (Å²) in [4.78, 5) is 12.7. The SMILES string of the molecule is CC1CCCN(C(C)(C#N)Cc2cccc([N+](=O)[O-])c2)C1. The van der Waals surface area contributed by atoms with Crippen molar-refractivity contribution in [2.24, 2.45) is 5.92 Å². The number of nitro groups is 1. The third-order valence-corrected chi connectivity index (χ3v) is 4.27. The van der Waals surface area contributed by atoms with Crippen LogP contribution in [0.25, 0.3) is 0 Å².